The predicted molar refractivity (Wildman–Crippen MR) is 182 cm³/mol. The van der Waals surface area contributed by atoms with Crippen LogP contribution in [0.5, 0.6) is 0 Å². The van der Waals surface area contributed by atoms with Crippen molar-refractivity contribution < 1.29 is 33.8 Å². The molecule has 1 aliphatic heterocycles. The topological polar surface area (TPSA) is 143 Å². The van der Waals surface area contributed by atoms with Gasteiger partial charge < -0.3 is 30.5 Å². The minimum absolute atomic E-state index is 0.0254. The number of alkyl carbamates (subject to hydrolysis) is 1. The number of fused-ring (bicyclic) bond motifs is 3. The lowest BCUT2D eigenvalue weighted by Crippen LogP contribution is -2.47. The Labute approximate surface area is 283 Å². The number of rotatable bonds is 9. The van der Waals surface area contributed by atoms with Gasteiger partial charge >= 0.3 is 12.1 Å². The first-order chi connectivity index (χ1) is 23.3. The number of carbonyl (C=O) groups is 4. The van der Waals surface area contributed by atoms with Gasteiger partial charge in [0, 0.05) is 18.4 Å². The normalized spacial score (nSPS) is 22.8. The zero-order valence-corrected chi connectivity index (χ0v) is 27.8. The van der Waals surface area contributed by atoms with E-state index in [0.717, 1.165) is 47.9 Å². The smallest absolute Gasteiger partial charge is 0.407 e. The molecule has 48 heavy (non-hydrogen) atoms. The fraction of sp³-hybridized carbons (Fsp3) is 0.526. The summed E-state index contributed by atoms with van der Waals surface area (Å²) < 4.78 is 11.5. The lowest BCUT2D eigenvalue weighted by molar-refractivity contribution is -0.148. The third kappa shape index (κ3) is 9.46. The van der Waals surface area contributed by atoms with Crippen LogP contribution in [0.3, 0.4) is 0 Å². The van der Waals surface area contributed by atoms with Gasteiger partial charge in [-0.1, -0.05) is 92.8 Å². The minimum atomic E-state index is -0.932. The molecule has 0 unspecified atom stereocenters. The maximum absolute atomic E-state index is 13.5. The molecule has 2 aromatic carbocycles. The standard InChI is InChI=1S/C38H49N3O7/c1-25(22-42)39-35(43)21-27-14-6-3-7-19-34(37(45)47-23-28(40-36(27)44)20-26-12-4-2-5-13-26)41-38(46)48-24-33-31-17-10-8-15-29(31)30-16-9-11-18-32(30)33/h3,6,8-11,15-18,25-28,33-34,42H,2,4-5,7,12-14,19-24H2,1H3,(H,39,43)(H,40,44)(H,41,46)/t25-,27-,28+,34+/m1/s1. The van der Waals surface area contributed by atoms with Crippen molar-refractivity contribution in [3.63, 3.8) is 0 Å². The first-order valence-corrected chi connectivity index (χ1v) is 17.5. The minimum Gasteiger partial charge on any atom is -0.462 e. The second kappa shape index (κ2) is 17.3. The first kappa shape index (κ1) is 35.1. The average molecular weight is 660 g/mol. The zero-order valence-electron chi connectivity index (χ0n) is 27.8. The van der Waals surface area contributed by atoms with E-state index in [9.17, 15) is 24.3 Å². The van der Waals surface area contributed by atoms with E-state index < -0.39 is 36.1 Å². The van der Waals surface area contributed by atoms with Gasteiger partial charge in [0.2, 0.25) is 11.8 Å². The molecule has 10 nitrogen and oxygen atoms in total. The quantitative estimate of drug-likeness (QED) is 0.216. The van der Waals surface area contributed by atoms with Crippen molar-refractivity contribution in [3.8, 4) is 11.1 Å². The van der Waals surface area contributed by atoms with Crippen LogP contribution in [0.4, 0.5) is 4.79 Å². The molecule has 258 valence electrons. The number of hydrogen-bond acceptors (Lipinski definition) is 7. The highest BCUT2D eigenvalue weighted by Gasteiger charge is 2.31. The molecular formula is C38H49N3O7. The molecule has 0 bridgehead atoms. The Balaban J connectivity index is 1.25. The summed E-state index contributed by atoms with van der Waals surface area (Å²) in [6, 6.07) is 14.4. The summed E-state index contributed by atoms with van der Waals surface area (Å²) in [5, 5.41) is 17.9. The summed E-state index contributed by atoms with van der Waals surface area (Å²) in [4.78, 5) is 52.7. The summed E-state index contributed by atoms with van der Waals surface area (Å²) in [5.74, 6) is -1.47. The van der Waals surface area contributed by atoms with Crippen molar-refractivity contribution >= 4 is 23.9 Å². The number of esters is 1. The largest absolute Gasteiger partial charge is 0.462 e. The van der Waals surface area contributed by atoms with Crippen molar-refractivity contribution in [2.75, 3.05) is 19.8 Å². The highest BCUT2D eigenvalue weighted by molar-refractivity contribution is 5.86. The second-order valence-corrected chi connectivity index (χ2v) is 13.4. The molecule has 0 saturated heterocycles. The van der Waals surface area contributed by atoms with Crippen LogP contribution in [-0.4, -0.2) is 66.9 Å². The van der Waals surface area contributed by atoms with Crippen LogP contribution in [0.25, 0.3) is 11.1 Å². The highest BCUT2D eigenvalue weighted by Crippen LogP contribution is 2.44. The Morgan fingerprint density at radius 2 is 1.67 bits per heavy atom. The van der Waals surface area contributed by atoms with Crippen molar-refractivity contribution in [3.05, 3.63) is 71.8 Å². The Hall–Kier alpha value is -4.18. The Bertz CT molecular complexity index is 1410. The van der Waals surface area contributed by atoms with Crippen molar-refractivity contribution in [1.29, 1.82) is 0 Å². The number of nitrogens with one attached hydrogen (secondary N) is 3. The monoisotopic (exact) mass is 659 g/mol. The lowest BCUT2D eigenvalue weighted by Gasteiger charge is -2.28. The van der Waals surface area contributed by atoms with Crippen LogP contribution < -0.4 is 16.0 Å². The summed E-state index contributed by atoms with van der Waals surface area (Å²) in [5.41, 5.74) is 4.46. The number of ether oxygens (including phenoxy) is 2. The fourth-order valence-corrected chi connectivity index (χ4v) is 7.15. The molecule has 2 aliphatic carbocycles. The number of hydrogen-bond donors (Lipinski definition) is 4. The number of cyclic esters (lactones) is 1. The van der Waals surface area contributed by atoms with E-state index in [0.29, 0.717) is 25.2 Å². The van der Waals surface area contributed by atoms with Crippen molar-refractivity contribution in [2.24, 2.45) is 11.8 Å². The van der Waals surface area contributed by atoms with Gasteiger partial charge in [0.1, 0.15) is 19.3 Å². The Kier molecular flexibility index (Phi) is 12.7. The molecule has 2 aromatic rings. The maximum atomic E-state index is 13.5. The third-order valence-electron chi connectivity index (χ3n) is 9.73. The molecule has 4 N–H and O–H groups in total. The van der Waals surface area contributed by atoms with Crippen molar-refractivity contribution in [1.82, 2.24) is 16.0 Å². The predicted octanol–water partition coefficient (Wildman–Crippen LogP) is 5.14. The van der Waals surface area contributed by atoms with E-state index in [1.54, 1.807) is 6.92 Å². The molecule has 0 spiro atoms. The summed E-state index contributed by atoms with van der Waals surface area (Å²) >= 11 is 0. The van der Waals surface area contributed by atoms with Crippen LogP contribution in [0.1, 0.15) is 88.2 Å². The van der Waals surface area contributed by atoms with Crippen molar-refractivity contribution in [2.45, 2.75) is 95.2 Å². The molecule has 3 amide bonds. The molecular weight excluding hydrogens is 610 g/mol. The van der Waals surface area contributed by atoms with E-state index in [1.165, 1.54) is 6.42 Å². The highest BCUT2D eigenvalue weighted by atomic mass is 16.6. The molecule has 10 heteroatoms. The average Bonchev–Trinajstić information content (AvgIpc) is 3.42. The van der Waals surface area contributed by atoms with Gasteiger partial charge in [0.15, 0.2) is 0 Å². The van der Waals surface area contributed by atoms with E-state index in [2.05, 4.69) is 40.2 Å². The number of allylic oxidation sites excluding steroid dienone is 2. The van der Waals surface area contributed by atoms with Gasteiger partial charge in [0.05, 0.1) is 18.6 Å². The van der Waals surface area contributed by atoms with Gasteiger partial charge in [-0.2, -0.15) is 0 Å². The van der Waals surface area contributed by atoms with Crippen LogP contribution in [0.2, 0.25) is 0 Å². The van der Waals surface area contributed by atoms with Gasteiger partial charge in [-0.25, -0.2) is 9.59 Å². The number of benzene rings is 2. The maximum Gasteiger partial charge on any atom is 0.407 e. The molecule has 1 heterocycles. The van der Waals surface area contributed by atoms with Gasteiger partial charge in [-0.3, -0.25) is 9.59 Å². The first-order valence-electron chi connectivity index (χ1n) is 17.5. The molecule has 1 saturated carbocycles. The summed E-state index contributed by atoms with van der Waals surface area (Å²) in [6.07, 6.45) is 10.3. The number of aliphatic hydroxyl groups excluding tert-OH is 1. The fourth-order valence-electron chi connectivity index (χ4n) is 7.15. The van der Waals surface area contributed by atoms with Gasteiger partial charge in [-0.15, -0.1) is 0 Å². The number of carbonyl (C=O) groups excluding carboxylic acids is 4. The number of aliphatic hydroxyl groups is 1. The molecule has 0 radical (unpaired) electrons. The van der Waals surface area contributed by atoms with Crippen LogP contribution in [-0.2, 0) is 23.9 Å². The van der Waals surface area contributed by atoms with Crippen LogP contribution in [0.15, 0.2) is 60.7 Å². The van der Waals surface area contributed by atoms with E-state index in [4.69, 9.17) is 9.47 Å². The molecule has 1 fully saturated rings. The molecule has 0 aromatic heterocycles. The van der Waals surface area contributed by atoms with Crippen LogP contribution >= 0.6 is 0 Å². The van der Waals surface area contributed by atoms with Gasteiger partial charge in [0.25, 0.3) is 0 Å². The molecule has 5 rings (SSSR count). The summed E-state index contributed by atoms with van der Waals surface area (Å²) in [7, 11) is 0. The lowest BCUT2D eigenvalue weighted by atomic mass is 9.84. The molecule has 4 atom stereocenters. The Morgan fingerprint density at radius 3 is 2.35 bits per heavy atom. The van der Waals surface area contributed by atoms with E-state index in [1.807, 2.05) is 36.4 Å². The SMILES string of the molecule is C[C@H](CO)NC(=O)C[C@H]1CC=CCC[C@H](NC(=O)OCC2c3ccccc3-c3ccccc32)C(=O)OC[C@H](CC2CCCCC2)NC1=O. The second-order valence-electron chi connectivity index (χ2n) is 13.4. The zero-order chi connectivity index (χ0) is 33.9. The third-order valence-corrected chi connectivity index (χ3v) is 9.73. The Morgan fingerprint density at radius 1 is 0.979 bits per heavy atom. The van der Waals surface area contributed by atoms with Gasteiger partial charge in [-0.05, 0) is 60.8 Å². The molecule has 3 aliphatic rings. The summed E-state index contributed by atoms with van der Waals surface area (Å²) in [6.45, 7) is 1.60. The number of amides is 3. The van der Waals surface area contributed by atoms with Crippen LogP contribution in [0, 0.1) is 11.8 Å². The van der Waals surface area contributed by atoms with E-state index in [-0.39, 0.29) is 50.4 Å². The van der Waals surface area contributed by atoms with E-state index >= 15 is 0 Å².